The van der Waals surface area contributed by atoms with Crippen LogP contribution < -0.4 is 22.9 Å². The number of piperidine rings is 6. The number of Topliss-reactive ketones (excluding diaryl/α,β-unsaturated/α-hetero) is 2. The van der Waals surface area contributed by atoms with Crippen LogP contribution in [0.1, 0.15) is 269 Å². The normalized spacial score (nSPS) is 20.3. The lowest BCUT2D eigenvalue weighted by Crippen LogP contribution is -2.44. The Morgan fingerprint density at radius 3 is 0.920 bits per heavy atom. The summed E-state index contributed by atoms with van der Waals surface area (Å²) in [4.78, 5) is 128. The molecule has 16 rings (SSSR count). The number of ether oxygens (including phenoxy) is 4. The van der Waals surface area contributed by atoms with Gasteiger partial charge in [-0.25, -0.2) is 19.2 Å². The minimum atomic E-state index is -1.07. The van der Waals surface area contributed by atoms with E-state index >= 15 is 0 Å². The minimum absolute atomic E-state index is 0.00952. The number of carbonyl (C=O) groups is 10. The smallest absolute Gasteiger partial charge is 0.410 e. The zero-order valence-corrected chi connectivity index (χ0v) is 84.1. The van der Waals surface area contributed by atoms with Crippen LogP contribution in [0.4, 0.5) is 19.2 Å². The lowest BCUT2D eigenvalue weighted by Gasteiger charge is -2.40. The molecule has 6 spiro atoms. The van der Waals surface area contributed by atoms with Crippen LogP contribution in [0.2, 0.25) is 0 Å². The van der Waals surface area contributed by atoms with Crippen LogP contribution in [0.3, 0.4) is 0 Å². The van der Waals surface area contributed by atoms with Crippen molar-refractivity contribution in [1.29, 1.82) is 21.6 Å². The van der Waals surface area contributed by atoms with Crippen molar-refractivity contribution in [1.82, 2.24) is 29.4 Å². The number of nitrogens with zero attached hydrogens (tertiary/aromatic N) is 6. The SMILES string of the molecule is CC(C)(C)OC(=O)N1CCC2(C=C(Br)C(=O)C2)CC1.CC(C)(C)OC(=O)N1CCC2(C=C(c3ccc(C(=N)N)cc3)C(=O)C2)CC1.CC(C)(C)OC(=O)N1CCC2(C=CC(=O)C2)CC1.CC(C)(C)OC(=O)N1CCC2(CC=C(c3ccc(C(=N)N)cc3)C2)CC1.N=C(N)c1ccc(C2=CCC3(CCN(C(=O)CC(=O)O)CC3)C2)cc1.N=C(N)c1ccc(C2=CCC3(CCN(CC(=O)O)CC3)C2)cc1. The first-order valence-electron chi connectivity index (χ1n) is 48.2. The molecule has 6 aliphatic carbocycles. The second-order valence-corrected chi connectivity index (χ2v) is 44.5. The summed E-state index contributed by atoms with van der Waals surface area (Å²) in [6.07, 6.45) is 32.1. The van der Waals surface area contributed by atoms with Crippen LogP contribution in [-0.4, -0.2) is 230 Å². The van der Waals surface area contributed by atoms with Crippen LogP contribution in [0.15, 0.2) is 144 Å². The number of nitrogens with one attached hydrogen (secondary N) is 4. The number of amides is 5. The molecule has 0 bridgehead atoms. The number of allylic oxidation sites excluding steroid dienone is 12. The number of hydrogen-bond donors (Lipinski definition) is 10. The molecule has 0 atom stereocenters. The van der Waals surface area contributed by atoms with Gasteiger partial charge in [0.25, 0.3) is 0 Å². The Labute approximate surface area is 820 Å². The molecule has 31 heteroatoms. The zero-order chi connectivity index (χ0) is 101. The molecule has 6 saturated heterocycles. The van der Waals surface area contributed by atoms with Gasteiger partial charge >= 0.3 is 36.3 Å². The lowest BCUT2D eigenvalue weighted by atomic mass is 9.75. The van der Waals surface area contributed by atoms with E-state index in [9.17, 15) is 47.9 Å². The summed E-state index contributed by atoms with van der Waals surface area (Å²) in [6, 6.07) is 30.8. The second-order valence-electron chi connectivity index (χ2n) is 43.6. The highest BCUT2D eigenvalue weighted by Gasteiger charge is 2.47. The third-order valence-electron chi connectivity index (χ3n) is 28.3. The predicted octanol–water partition coefficient (Wildman–Crippen LogP) is 17.8. The van der Waals surface area contributed by atoms with Crippen LogP contribution in [-0.2, 0) is 47.7 Å². The Kier molecular flexibility index (Phi) is 34.1. The summed E-state index contributed by atoms with van der Waals surface area (Å²) < 4.78 is 22.4. The van der Waals surface area contributed by atoms with E-state index in [2.05, 4.69) is 52.4 Å². The van der Waals surface area contributed by atoms with E-state index in [1.54, 1.807) is 37.8 Å². The highest BCUT2D eigenvalue weighted by molar-refractivity contribution is 9.12. The molecule has 0 saturated carbocycles. The molecule has 138 heavy (non-hydrogen) atoms. The summed E-state index contributed by atoms with van der Waals surface area (Å²) in [5, 5.41) is 47.5. The van der Waals surface area contributed by atoms with Crippen LogP contribution >= 0.6 is 15.9 Å². The van der Waals surface area contributed by atoms with E-state index in [0.29, 0.717) is 87.1 Å². The average Bonchev–Trinajstić information content (AvgIpc) is 1.64. The summed E-state index contributed by atoms with van der Waals surface area (Å²) in [7, 11) is 0. The molecule has 0 unspecified atom stereocenters. The van der Waals surface area contributed by atoms with Crippen LogP contribution in [0.5, 0.6) is 0 Å². The summed E-state index contributed by atoms with van der Waals surface area (Å²) in [5.41, 5.74) is 32.8. The second kappa shape index (κ2) is 44.1. The van der Waals surface area contributed by atoms with Gasteiger partial charge in [0.05, 0.1) is 11.0 Å². The fraction of sp³-hybridized carbons (Fsp3) is 0.533. The van der Waals surface area contributed by atoms with Crippen molar-refractivity contribution < 1.29 is 77.1 Å². The van der Waals surface area contributed by atoms with E-state index in [-0.39, 0.29) is 105 Å². The largest absolute Gasteiger partial charge is 0.481 e. The molecule has 0 aromatic heterocycles. The Morgan fingerprint density at radius 2 is 0.645 bits per heavy atom. The van der Waals surface area contributed by atoms with Gasteiger partial charge in [-0.2, -0.15) is 0 Å². The van der Waals surface area contributed by atoms with E-state index in [0.717, 1.165) is 175 Å². The van der Waals surface area contributed by atoms with Gasteiger partial charge in [-0.1, -0.05) is 134 Å². The topological polar surface area (TPSA) is 467 Å². The summed E-state index contributed by atoms with van der Waals surface area (Å²) in [5.74, 6) is -1.29. The van der Waals surface area contributed by atoms with Gasteiger partial charge in [0.1, 0.15) is 52.2 Å². The molecular weight excluding hydrogens is 1820 g/mol. The molecule has 6 fully saturated rings. The van der Waals surface area contributed by atoms with Crippen molar-refractivity contribution in [2.24, 2.45) is 55.4 Å². The molecule has 744 valence electrons. The predicted molar refractivity (Wildman–Crippen MR) is 539 cm³/mol. The molecule has 5 amide bonds. The summed E-state index contributed by atoms with van der Waals surface area (Å²) in [6.45, 7) is 31.0. The monoisotopic (exact) mass is 1960 g/mol. The van der Waals surface area contributed by atoms with Crippen LogP contribution in [0, 0.1) is 54.1 Å². The van der Waals surface area contributed by atoms with Gasteiger partial charge in [0, 0.05) is 118 Å². The molecule has 30 nitrogen and oxygen atoms in total. The highest BCUT2D eigenvalue weighted by Crippen LogP contribution is 2.53. The van der Waals surface area contributed by atoms with Crippen molar-refractivity contribution in [3.8, 4) is 0 Å². The number of carboxylic acid groups (broad SMARTS) is 2. The van der Waals surface area contributed by atoms with E-state index in [1.807, 2.05) is 178 Å². The fourth-order valence-corrected chi connectivity index (χ4v) is 20.9. The Bertz CT molecular complexity index is 5400. The molecule has 0 radical (unpaired) electrons. The Morgan fingerprint density at radius 1 is 0.362 bits per heavy atom. The molecule has 6 heterocycles. The van der Waals surface area contributed by atoms with Gasteiger partial charge in [-0.05, 0) is 300 Å². The number of hydrogen-bond acceptors (Lipinski definition) is 19. The number of amidine groups is 4. The van der Waals surface area contributed by atoms with Crippen molar-refractivity contribution in [2.45, 2.75) is 247 Å². The van der Waals surface area contributed by atoms with Crippen molar-refractivity contribution >= 4 is 121 Å². The molecule has 4 aromatic carbocycles. The highest BCUT2D eigenvalue weighted by atomic mass is 79.9. The number of carbonyl (C=O) groups excluding carboxylic acids is 8. The molecule has 12 aliphatic rings. The van der Waals surface area contributed by atoms with E-state index in [1.165, 1.54) is 27.8 Å². The minimum Gasteiger partial charge on any atom is -0.481 e. The number of benzene rings is 4. The first kappa shape index (κ1) is 107. The number of rotatable bonds is 12. The van der Waals surface area contributed by atoms with Gasteiger partial charge in [0.15, 0.2) is 17.3 Å². The van der Waals surface area contributed by atoms with Gasteiger partial charge in [-0.15, -0.1) is 0 Å². The van der Waals surface area contributed by atoms with Crippen LogP contribution in [0.25, 0.3) is 22.3 Å². The van der Waals surface area contributed by atoms with Gasteiger partial charge < -0.3 is 76.6 Å². The fourth-order valence-electron chi connectivity index (χ4n) is 20.2. The number of carboxylic acids is 2. The summed E-state index contributed by atoms with van der Waals surface area (Å²) >= 11 is 3.30. The van der Waals surface area contributed by atoms with Crippen molar-refractivity contribution in [3.05, 3.63) is 189 Å². The van der Waals surface area contributed by atoms with E-state index < -0.39 is 40.8 Å². The maximum atomic E-state index is 12.6. The molecule has 4 aromatic rings. The standard InChI is InChI=1S/C21H27N3O3.C21H29N3O2.C19H23N3O3.C18H23N3O2.C14H20BrNO3.C14H21NO3/c1-20(2,3)27-19(26)24-10-8-21(9-11-24)12-16(17(25)13-21)14-4-6-15(7-5-14)18(22)23;1-20(2,3)26-19(25)24-12-10-21(11-13-24)9-8-17(14-21)15-4-6-16(7-5-15)18(22)23;20-18(21)14-3-1-13(2-4-14)15-5-6-19(12-15)7-9-22(10-8-19)16(23)11-17(24)25;19-17(20)14-3-1-13(2-4-14)15-5-6-18(11-15)7-9-21(10-8-18)12-16(22)23;1-13(2,3)19-12(18)16-6-4-14(5-7-16)8-10(15)11(17)9-14;1-13(2,3)18-12(17)15-8-6-14(7-9-15)5-4-11(16)10-14/h4-7,12H,8-11,13H2,1-3H3,(H3,22,23);4-8H,9-14H2,1-3H3,(H3,22,23);1-5H,6-12H2,(H3,20,21)(H,24,25);1-5H,6-12H2,(H3,19,20)(H,22,23);8H,4-7,9H2,1-3H3;4-5H,6-10H2,1-3H3. The maximum Gasteiger partial charge on any atom is 0.410 e. The first-order valence-corrected chi connectivity index (χ1v) is 49.0. The quantitative estimate of drug-likeness (QED) is 0.0272. The van der Waals surface area contributed by atoms with E-state index in [4.69, 9.17) is 73.7 Å². The molecule has 14 N–H and O–H groups in total. The number of nitrogen functional groups attached to an aromatic ring is 4. The molecule has 6 aliphatic heterocycles. The zero-order valence-electron chi connectivity index (χ0n) is 82.5. The number of halogens is 1. The number of ketones is 3. The van der Waals surface area contributed by atoms with Gasteiger partial charge in [0.2, 0.25) is 5.91 Å². The number of likely N-dealkylation sites (tertiary alicyclic amines) is 6. The number of aliphatic carboxylic acids is 2. The third-order valence-corrected chi connectivity index (χ3v) is 29.0. The maximum absolute atomic E-state index is 12.6. The third kappa shape index (κ3) is 29.6. The van der Waals surface area contributed by atoms with Gasteiger partial charge in [-0.3, -0.25) is 55.3 Å². The lowest BCUT2D eigenvalue weighted by molar-refractivity contribution is -0.145. The van der Waals surface area contributed by atoms with Crippen molar-refractivity contribution in [3.63, 3.8) is 0 Å². The van der Waals surface area contributed by atoms with Crippen molar-refractivity contribution in [2.75, 3.05) is 85.1 Å². The molecular formula is C107H143BrN14O16. The Hall–Kier alpha value is -11.9. The Balaban J connectivity index is 0.000000160. The first-order chi connectivity index (χ1) is 64.6. The average molecular weight is 1960 g/mol. The number of nitrogens with two attached hydrogens (primary N) is 4.